The summed E-state index contributed by atoms with van der Waals surface area (Å²) in [7, 11) is 1.60. The van der Waals surface area contributed by atoms with Gasteiger partial charge in [0.15, 0.2) is 0 Å². The standard InChI is InChI=1S/C22H22N2O4/c1-3-28-21(25)15-24(14-16-7-5-4-6-8-16)22(26)20-11-9-17-13-18(27-2)10-12-19(17)23-20/h4-13H,3,14-15H2,1-2H3. The Bertz CT molecular complexity index is 973. The number of methoxy groups -OCH3 is 1. The van der Waals surface area contributed by atoms with Gasteiger partial charge in [0.25, 0.3) is 5.91 Å². The van der Waals surface area contributed by atoms with Crippen molar-refractivity contribution < 1.29 is 19.1 Å². The number of fused-ring (bicyclic) bond motifs is 1. The van der Waals surface area contributed by atoms with Crippen LogP contribution in [0.4, 0.5) is 0 Å². The SMILES string of the molecule is CCOC(=O)CN(Cc1ccccc1)C(=O)c1ccc2cc(OC)ccc2n1. The summed E-state index contributed by atoms with van der Waals surface area (Å²) in [6.07, 6.45) is 0. The minimum atomic E-state index is -0.447. The molecule has 0 spiro atoms. The van der Waals surface area contributed by atoms with E-state index in [1.54, 1.807) is 32.2 Å². The number of esters is 1. The number of hydrogen-bond acceptors (Lipinski definition) is 5. The summed E-state index contributed by atoms with van der Waals surface area (Å²) >= 11 is 0. The molecule has 0 bridgehead atoms. The molecule has 28 heavy (non-hydrogen) atoms. The number of aromatic nitrogens is 1. The summed E-state index contributed by atoms with van der Waals surface area (Å²) in [6.45, 7) is 2.16. The van der Waals surface area contributed by atoms with Crippen molar-refractivity contribution in [3.8, 4) is 5.75 Å². The van der Waals surface area contributed by atoms with Gasteiger partial charge in [-0.1, -0.05) is 36.4 Å². The first kappa shape index (κ1) is 19.4. The van der Waals surface area contributed by atoms with Crippen LogP contribution in [0, 0.1) is 0 Å². The van der Waals surface area contributed by atoms with Gasteiger partial charge in [0.1, 0.15) is 18.0 Å². The topological polar surface area (TPSA) is 68.7 Å². The maximum Gasteiger partial charge on any atom is 0.325 e. The highest BCUT2D eigenvalue weighted by Crippen LogP contribution is 2.20. The first-order valence-corrected chi connectivity index (χ1v) is 9.04. The lowest BCUT2D eigenvalue weighted by Crippen LogP contribution is -2.36. The molecular weight excluding hydrogens is 356 g/mol. The Balaban J connectivity index is 1.88. The molecule has 0 aliphatic heterocycles. The Labute approximate surface area is 163 Å². The summed E-state index contributed by atoms with van der Waals surface area (Å²) in [5.41, 5.74) is 1.88. The van der Waals surface area contributed by atoms with Crippen molar-refractivity contribution in [1.29, 1.82) is 0 Å². The lowest BCUT2D eigenvalue weighted by atomic mass is 10.1. The van der Waals surface area contributed by atoms with E-state index in [4.69, 9.17) is 9.47 Å². The number of carbonyl (C=O) groups excluding carboxylic acids is 2. The van der Waals surface area contributed by atoms with E-state index in [1.165, 1.54) is 4.90 Å². The molecule has 0 aliphatic rings. The van der Waals surface area contributed by atoms with Gasteiger partial charge < -0.3 is 14.4 Å². The number of rotatable bonds is 7. The van der Waals surface area contributed by atoms with Crippen LogP contribution in [-0.4, -0.2) is 42.0 Å². The summed E-state index contributed by atoms with van der Waals surface area (Å²) in [6, 6.07) is 18.4. The van der Waals surface area contributed by atoms with Gasteiger partial charge in [-0.05, 0) is 36.8 Å². The Hall–Kier alpha value is -3.41. The monoisotopic (exact) mass is 378 g/mol. The van der Waals surface area contributed by atoms with E-state index in [-0.39, 0.29) is 24.8 Å². The minimum absolute atomic E-state index is 0.135. The maximum absolute atomic E-state index is 13.1. The molecule has 3 aromatic rings. The summed E-state index contributed by atoms with van der Waals surface area (Å²) in [4.78, 5) is 31.0. The van der Waals surface area contributed by atoms with Gasteiger partial charge >= 0.3 is 5.97 Å². The van der Waals surface area contributed by atoms with Crippen molar-refractivity contribution in [2.75, 3.05) is 20.3 Å². The summed E-state index contributed by atoms with van der Waals surface area (Å²) in [5.74, 6) is -0.0478. The lowest BCUT2D eigenvalue weighted by Gasteiger charge is -2.21. The second-order valence-corrected chi connectivity index (χ2v) is 6.21. The highest BCUT2D eigenvalue weighted by molar-refractivity contribution is 5.96. The van der Waals surface area contributed by atoms with Crippen LogP contribution in [0.15, 0.2) is 60.7 Å². The maximum atomic E-state index is 13.1. The Kier molecular flexibility index (Phi) is 6.22. The molecule has 6 heteroatoms. The fraction of sp³-hybridized carbons (Fsp3) is 0.227. The second-order valence-electron chi connectivity index (χ2n) is 6.21. The van der Waals surface area contributed by atoms with Gasteiger partial charge in [0.05, 0.1) is 19.2 Å². The summed E-state index contributed by atoms with van der Waals surface area (Å²) < 4.78 is 10.2. The van der Waals surface area contributed by atoms with E-state index in [2.05, 4.69) is 4.98 Å². The second kappa shape index (κ2) is 8.99. The Morgan fingerprint density at radius 3 is 2.54 bits per heavy atom. The van der Waals surface area contributed by atoms with Crippen molar-refractivity contribution >= 4 is 22.8 Å². The number of nitrogens with zero attached hydrogens (tertiary/aromatic N) is 2. The molecule has 0 fully saturated rings. The third-order valence-corrected chi connectivity index (χ3v) is 4.24. The quantitative estimate of drug-likeness (QED) is 0.589. The van der Waals surface area contributed by atoms with Crippen molar-refractivity contribution in [2.45, 2.75) is 13.5 Å². The predicted octanol–water partition coefficient (Wildman–Crippen LogP) is 3.45. The zero-order valence-electron chi connectivity index (χ0n) is 15.9. The van der Waals surface area contributed by atoms with E-state index < -0.39 is 5.97 Å². The molecule has 0 atom stereocenters. The van der Waals surface area contributed by atoms with Crippen LogP contribution >= 0.6 is 0 Å². The molecule has 0 radical (unpaired) electrons. The van der Waals surface area contributed by atoms with E-state index in [1.807, 2.05) is 42.5 Å². The molecule has 144 valence electrons. The first-order chi connectivity index (χ1) is 13.6. The van der Waals surface area contributed by atoms with Gasteiger partial charge in [-0.2, -0.15) is 0 Å². The van der Waals surface area contributed by atoms with Crippen molar-refractivity contribution in [3.05, 3.63) is 71.9 Å². The number of pyridine rings is 1. The fourth-order valence-electron chi connectivity index (χ4n) is 2.88. The van der Waals surface area contributed by atoms with Crippen LogP contribution in [0.5, 0.6) is 5.75 Å². The zero-order chi connectivity index (χ0) is 19.9. The minimum Gasteiger partial charge on any atom is -0.497 e. The molecule has 2 aromatic carbocycles. The average Bonchev–Trinajstić information content (AvgIpc) is 2.73. The van der Waals surface area contributed by atoms with Crippen molar-refractivity contribution in [3.63, 3.8) is 0 Å². The normalized spacial score (nSPS) is 10.5. The molecule has 0 saturated heterocycles. The Morgan fingerprint density at radius 1 is 1.04 bits per heavy atom. The van der Waals surface area contributed by atoms with Gasteiger partial charge in [0.2, 0.25) is 0 Å². The van der Waals surface area contributed by atoms with Crippen LogP contribution in [0.2, 0.25) is 0 Å². The molecule has 0 N–H and O–H groups in total. The van der Waals surface area contributed by atoms with E-state index in [9.17, 15) is 9.59 Å². The van der Waals surface area contributed by atoms with Crippen LogP contribution in [0.3, 0.4) is 0 Å². The molecule has 1 heterocycles. The van der Waals surface area contributed by atoms with Gasteiger partial charge in [-0.15, -0.1) is 0 Å². The van der Waals surface area contributed by atoms with E-state index >= 15 is 0 Å². The zero-order valence-corrected chi connectivity index (χ0v) is 15.9. The van der Waals surface area contributed by atoms with Crippen molar-refractivity contribution in [1.82, 2.24) is 9.88 Å². The largest absolute Gasteiger partial charge is 0.497 e. The van der Waals surface area contributed by atoms with Crippen LogP contribution in [-0.2, 0) is 16.1 Å². The molecule has 0 unspecified atom stereocenters. The average molecular weight is 378 g/mol. The lowest BCUT2D eigenvalue weighted by molar-refractivity contribution is -0.143. The van der Waals surface area contributed by atoms with Crippen LogP contribution in [0.25, 0.3) is 10.9 Å². The molecular formula is C22H22N2O4. The van der Waals surface area contributed by atoms with Gasteiger partial charge in [-0.25, -0.2) is 4.98 Å². The number of hydrogen-bond donors (Lipinski definition) is 0. The van der Waals surface area contributed by atoms with Crippen LogP contribution in [0.1, 0.15) is 23.0 Å². The predicted molar refractivity (Wildman–Crippen MR) is 106 cm³/mol. The molecule has 0 aliphatic carbocycles. The van der Waals surface area contributed by atoms with E-state index in [0.29, 0.717) is 12.1 Å². The van der Waals surface area contributed by atoms with Gasteiger partial charge in [-0.3, -0.25) is 9.59 Å². The summed E-state index contributed by atoms with van der Waals surface area (Å²) in [5, 5.41) is 0.871. The molecule has 1 aromatic heterocycles. The fourth-order valence-corrected chi connectivity index (χ4v) is 2.88. The number of carbonyl (C=O) groups is 2. The molecule has 3 rings (SSSR count). The third-order valence-electron chi connectivity index (χ3n) is 4.24. The van der Waals surface area contributed by atoms with Gasteiger partial charge in [0, 0.05) is 11.9 Å². The number of benzene rings is 2. The Morgan fingerprint density at radius 2 is 1.82 bits per heavy atom. The third kappa shape index (κ3) is 4.65. The highest BCUT2D eigenvalue weighted by atomic mass is 16.5. The molecule has 0 saturated carbocycles. The molecule has 1 amide bonds. The number of ether oxygens (including phenoxy) is 2. The van der Waals surface area contributed by atoms with E-state index in [0.717, 1.165) is 16.7 Å². The first-order valence-electron chi connectivity index (χ1n) is 9.04. The highest BCUT2D eigenvalue weighted by Gasteiger charge is 2.21. The van der Waals surface area contributed by atoms with Crippen LogP contribution < -0.4 is 4.74 Å². The van der Waals surface area contributed by atoms with Crippen molar-refractivity contribution in [2.24, 2.45) is 0 Å². The molecule has 6 nitrogen and oxygen atoms in total. The number of amides is 1. The smallest absolute Gasteiger partial charge is 0.325 e.